The minimum absolute atomic E-state index is 0.753. The van der Waals surface area contributed by atoms with E-state index in [-0.39, 0.29) is 0 Å². The maximum atomic E-state index is 3.61. The van der Waals surface area contributed by atoms with Crippen LogP contribution in [0, 0.1) is 0 Å². The van der Waals surface area contributed by atoms with Crippen molar-refractivity contribution in [1.29, 1.82) is 0 Å². The molecule has 0 saturated heterocycles. The Bertz CT molecular complexity index is 128. The van der Waals surface area contributed by atoms with Gasteiger partial charge in [0, 0.05) is 11.8 Å². The highest BCUT2D eigenvalue weighted by molar-refractivity contribution is 7.99. The topological polar surface area (TPSA) is 12.0 Å². The molecule has 0 aromatic carbocycles. The maximum Gasteiger partial charge on any atom is 0.0158 e. The molecule has 2 heteroatoms. The molecule has 0 aromatic heterocycles. The van der Waals surface area contributed by atoms with Gasteiger partial charge >= 0.3 is 0 Å². The van der Waals surface area contributed by atoms with Crippen molar-refractivity contribution in [1.82, 2.24) is 5.32 Å². The normalized spacial score (nSPS) is 12.9. The molecule has 0 aliphatic carbocycles. The van der Waals surface area contributed by atoms with E-state index in [1.165, 1.54) is 56.5 Å². The zero-order valence-corrected chi connectivity index (χ0v) is 12.4. The van der Waals surface area contributed by atoms with Crippen molar-refractivity contribution < 1.29 is 0 Å². The van der Waals surface area contributed by atoms with Crippen LogP contribution in [-0.4, -0.2) is 24.1 Å². The fraction of sp³-hybridized carbons (Fsp3) is 1.00. The minimum Gasteiger partial charge on any atom is -0.313 e. The van der Waals surface area contributed by atoms with E-state index in [1.807, 2.05) is 0 Å². The summed E-state index contributed by atoms with van der Waals surface area (Å²) < 4.78 is 0. The van der Waals surface area contributed by atoms with E-state index in [2.05, 4.69) is 37.8 Å². The highest BCUT2D eigenvalue weighted by atomic mass is 32.2. The van der Waals surface area contributed by atoms with Crippen LogP contribution in [0.15, 0.2) is 0 Å². The van der Waals surface area contributed by atoms with E-state index in [4.69, 9.17) is 0 Å². The lowest BCUT2D eigenvalue weighted by molar-refractivity contribution is 0.496. The fourth-order valence-electron chi connectivity index (χ4n) is 1.90. The van der Waals surface area contributed by atoms with Gasteiger partial charge in [0.05, 0.1) is 0 Å². The molecule has 0 spiro atoms. The number of nitrogens with one attached hydrogen (secondary N) is 1. The lowest BCUT2D eigenvalue weighted by Gasteiger charge is -2.17. The first-order valence-electron chi connectivity index (χ1n) is 7.16. The molecule has 0 fully saturated rings. The summed E-state index contributed by atoms with van der Waals surface area (Å²) in [5.41, 5.74) is 0. The fourth-order valence-corrected chi connectivity index (χ4v) is 2.92. The Morgan fingerprint density at radius 3 is 2.31 bits per heavy atom. The van der Waals surface area contributed by atoms with E-state index in [0.29, 0.717) is 0 Å². The number of thioether (sulfide) groups is 1. The van der Waals surface area contributed by atoms with Gasteiger partial charge in [-0.2, -0.15) is 11.8 Å². The Kier molecular flexibility index (Phi) is 13.6. The van der Waals surface area contributed by atoms with Crippen LogP contribution in [0.1, 0.15) is 65.7 Å². The third-order valence-electron chi connectivity index (χ3n) is 2.82. The molecule has 1 N–H and O–H groups in total. The lowest BCUT2D eigenvalue weighted by Crippen LogP contribution is -2.31. The summed E-state index contributed by atoms with van der Waals surface area (Å²) in [6.07, 6.45) is 9.70. The van der Waals surface area contributed by atoms with E-state index in [1.54, 1.807) is 0 Å². The van der Waals surface area contributed by atoms with Crippen molar-refractivity contribution >= 4 is 11.8 Å². The second kappa shape index (κ2) is 13.4. The van der Waals surface area contributed by atoms with Gasteiger partial charge in [-0.25, -0.2) is 0 Å². The Balaban J connectivity index is 3.43. The van der Waals surface area contributed by atoms with Crippen LogP contribution < -0.4 is 5.32 Å². The molecule has 1 atom stereocenters. The van der Waals surface area contributed by atoms with Gasteiger partial charge in [0.2, 0.25) is 0 Å². The molecule has 0 aliphatic rings. The van der Waals surface area contributed by atoms with Crippen LogP contribution in [0.5, 0.6) is 0 Å². The second-order valence-electron chi connectivity index (χ2n) is 4.53. The first-order chi connectivity index (χ1) is 7.85. The first-order valence-corrected chi connectivity index (χ1v) is 8.31. The zero-order valence-electron chi connectivity index (χ0n) is 11.6. The predicted octanol–water partition coefficient (Wildman–Crippen LogP) is 4.47. The quantitative estimate of drug-likeness (QED) is 0.509. The second-order valence-corrected chi connectivity index (χ2v) is 5.68. The Morgan fingerprint density at radius 1 is 0.938 bits per heavy atom. The molecule has 0 saturated carbocycles. The third-order valence-corrected chi connectivity index (χ3v) is 4.15. The van der Waals surface area contributed by atoms with Crippen LogP contribution in [0.4, 0.5) is 0 Å². The standard InChI is InChI=1S/C14H31NS/c1-4-7-8-9-10-11-14(15-6-3)13-16-12-5-2/h14-15H,4-13H2,1-3H3. The van der Waals surface area contributed by atoms with Crippen LogP contribution in [-0.2, 0) is 0 Å². The van der Waals surface area contributed by atoms with Crippen LogP contribution in [0.25, 0.3) is 0 Å². The van der Waals surface area contributed by atoms with Gasteiger partial charge in [0.1, 0.15) is 0 Å². The van der Waals surface area contributed by atoms with E-state index in [9.17, 15) is 0 Å². The Morgan fingerprint density at radius 2 is 1.69 bits per heavy atom. The first kappa shape index (κ1) is 16.3. The van der Waals surface area contributed by atoms with Gasteiger partial charge in [0.25, 0.3) is 0 Å². The average Bonchev–Trinajstić information content (AvgIpc) is 2.29. The summed E-state index contributed by atoms with van der Waals surface area (Å²) in [5, 5.41) is 3.61. The number of rotatable bonds is 12. The summed E-state index contributed by atoms with van der Waals surface area (Å²) >= 11 is 2.11. The zero-order chi connectivity index (χ0) is 12.1. The summed E-state index contributed by atoms with van der Waals surface area (Å²) in [7, 11) is 0. The predicted molar refractivity (Wildman–Crippen MR) is 78.5 cm³/mol. The summed E-state index contributed by atoms with van der Waals surface area (Å²) in [6, 6.07) is 0.753. The molecule has 0 aromatic rings. The average molecular weight is 245 g/mol. The van der Waals surface area contributed by atoms with Crippen LogP contribution >= 0.6 is 11.8 Å². The molecule has 0 bridgehead atoms. The van der Waals surface area contributed by atoms with Crippen molar-refractivity contribution in [3.63, 3.8) is 0 Å². The molecule has 0 heterocycles. The molecule has 1 nitrogen and oxygen atoms in total. The van der Waals surface area contributed by atoms with Gasteiger partial charge in [-0.1, -0.05) is 52.9 Å². The Hall–Kier alpha value is 0.310. The SMILES string of the molecule is CCCCCCCC(CSCCC)NCC. The van der Waals surface area contributed by atoms with Crippen LogP contribution in [0.3, 0.4) is 0 Å². The monoisotopic (exact) mass is 245 g/mol. The van der Waals surface area contributed by atoms with Gasteiger partial charge < -0.3 is 5.32 Å². The lowest BCUT2D eigenvalue weighted by atomic mass is 10.1. The third kappa shape index (κ3) is 10.8. The molecule has 1 unspecified atom stereocenters. The van der Waals surface area contributed by atoms with E-state index < -0.39 is 0 Å². The van der Waals surface area contributed by atoms with Gasteiger partial charge in [0.15, 0.2) is 0 Å². The van der Waals surface area contributed by atoms with Crippen molar-refractivity contribution in [3.05, 3.63) is 0 Å². The molecular weight excluding hydrogens is 214 g/mol. The molecule has 0 aliphatic heterocycles. The van der Waals surface area contributed by atoms with Crippen molar-refractivity contribution in [3.8, 4) is 0 Å². The molecular formula is C14H31NS. The molecule has 98 valence electrons. The van der Waals surface area contributed by atoms with E-state index >= 15 is 0 Å². The van der Waals surface area contributed by atoms with Gasteiger partial charge in [-0.05, 0) is 25.1 Å². The number of unbranched alkanes of at least 4 members (excludes halogenated alkanes) is 4. The summed E-state index contributed by atoms with van der Waals surface area (Å²) in [4.78, 5) is 0. The highest BCUT2D eigenvalue weighted by Gasteiger charge is 2.06. The van der Waals surface area contributed by atoms with Crippen molar-refractivity contribution in [2.45, 2.75) is 71.8 Å². The summed E-state index contributed by atoms with van der Waals surface area (Å²) in [5.74, 6) is 2.62. The smallest absolute Gasteiger partial charge is 0.0158 e. The molecule has 0 rings (SSSR count). The molecule has 0 amide bonds. The number of hydrogen-bond acceptors (Lipinski definition) is 2. The molecule has 0 radical (unpaired) electrons. The highest BCUT2D eigenvalue weighted by Crippen LogP contribution is 2.12. The summed E-state index contributed by atoms with van der Waals surface area (Å²) in [6.45, 7) is 7.88. The van der Waals surface area contributed by atoms with Gasteiger partial charge in [-0.15, -0.1) is 0 Å². The van der Waals surface area contributed by atoms with Gasteiger partial charge in [-0.3, -0.25) is 0 Å². The minimum atomic E-state index is 0.753. The van der Waals surface area contributed by atoms with Crippen molar-refractivity contribution in [2.24, 2.45) is 0 Å². The van der Waals surface area contributed by atoms with Crippen LogP contribution in [0.2, 0.25) is 0 Å². The maximum absolute atomic E-state index is 3.61. The largest absolute Gasteiger partial charge is 0.313 e. The molecule has 16 heavy (non-hydrogen) atoms. The van der Waals surface area contributed by atoms with Crippen molar-refractivity contribution in [2.75, 3.05) is 18.1 Å². The number of hydrogen-bond donors (Lipinski definition) is 1. The van der Waals surface area contributed by atoms with E-state index in [0.717, 1.165) is 12.6 Å². The Labute approximate surface area is 107 Å².